The first-order valence-electron chi connectivity index (χ1n) is 14.3. The molecule has 7 nitrogen and oxygen atoms in total. The van der Waals surface area contributed by atoms with Gasteiger partial charge in [-0.15, -0.1) is 0 Å². The van der Waals surface area contributed by atoms with Crippen molar-refractivity contribution in [2.45, 2.75) is 148 Å². The maximum absolute atomic E-state index is 11.9. The molecule has 212 valence electrons. The number of quaternary nitrogens is 1. The largest absolute Gasteiger partial charge is 0.726 e. The molecule has 0 aliphatic rings. The third-order valence-corrected chi connectivity index (χ3v) is 6.87. The molecule has 1 unspecified atom stereocenters. The number of carbonyl (C=O) groups excluding carboxylic acids is 1. The molecule has 35 heavy (non-hydrogen) atoms. The SMILES string of the molecule is CCCCCCCCCCCCCCCCCC(=O)NCCCC(C)(CC)OS(=O)(=O)[O-].C[NH2+]C. The first kappa shape index (κ1) is 36.5. The van der Waals surface area contributed by atoms with E-state index in [2.05, 4.69) is 16.4 Å². The van der Waals surface area contributed by atoms with Crippen molar-refractivity contribution in [2.75, 3.05) is 20.6 Å². The van der Waals surface area contributed by atoms with Crippen LogP contribution < -0.4 is 10.6 Å². The van der Waals surface area contributed by atoms with Crippen molar-refractivity contribution in [2.24, 2.45) is 0 Å². The van der Waals surface area contributed by atoms with Gasteiger partial charge in [0.25, 0.3) is 0 Å². The van der Waals surface area contributed by atoms with Gasteiger partial charge in [0.1, 0.15) is 0 Å². The van der Waals surface area contributed by atoms with Gasteiger partial charge in [0.15, 0.2) is 0 Å². The van der Waals surface area contributed by atoms with Crippen LogP contribution in [0.3, 0.4) is 0 Å². The number of unbranched alkanes of at least 4 members (excludes halogenated alkanes) is 14. The molecule has 0 rings (SSSR count). The van der Waals surface area contributed by atoms with Gasteiger partial charge in [0.2, 0.25) is 16.3 Å². The number of rotatable bonds is 23. The number of nitrogens with one attached hydrogen (secondary N) is 1. The van der Waals surface area contributed by atoms with Gasteiger partial charge >= 0.3 is 0 Å². The molecule has 0 saturated carbocycles. The summed E-state index contributed by atoms with van der Waals surface area (Å²) in [5.41, 5.74) is -1.00. The van der Waals surface area contributed by atoms with Gasteiger partial charge in [-0.05, 0) is 32.6 Å². The lowest BCUT2D eigenvalue weighted by Gasteiger charge is -2.29. The van der Waals surface area contributed by atoms with Crippen molar-refractivity contribution in [1.82, 2.24) is 5.32 Å². The fraction of sp³-hybridized carbons (Fsp3) is 0.963. The molecule has 0 aromatic rings. The summed E-state index contributed by atoms with van der Waals surface area (Å²) in [7, 11) is -0.718. The number of nitrogens with two attached hydrogens (primary N) is 1. The topological polar surface area (TPSA) is 112 Å². The fourth-order valence-electron chi connectivity index (χ4n) is 3.96. The van der Waals surface area contributed by atoms with Gasteiger partial charge < -0.3 is 15.2 Å². The van der Waals surface area contributed by atoms with E-state index >= 15 is 0 Å². The smallest absolute Gasteiger partial charge is 0.219 e. The highest BCUT2D eigenvalue weighted by Gasteiger charge is 2.25. The van der Waals surface area contributed by atoms with Crippen molar-refractivity contribution < 1.29 is 27.3 Å². The van der Waals surface area contributed by atoms with E-state index in [-0.39, 0.29) is 5.91 Å². The molecule has 1 atom stereocenters. The molecule has 1 amide bonds. The first-order valence-corrected chi connectivity index (χ1v) is 15.6. The summed E-state index contributed by atoms with van der Waals surface area (Å²) >= 11 is 0. The maximum Gasteiger partial charge on any atom is 0.219 e. The van der Waals surface area contributed by atoms with Crippen LogP contribution in [0.15, 0.2) is 0 Å². The lowest BCUT2D eigenvalue weighted by Crippen LogP contribution is -2.74. The predicted octanol–water partition coefficient (Wildman–Crippen LogP) is 5.60. The average molecular weight is 523 g/mol. The van der Waals surface area contributed by atoms with Crippen LogP contribution >= 0.6 is 0 Å². The number of carbonyl (C=O) groups is 1. The van der Waals surface area contributed by atoms with Gasteiger partial charge in [-0.1, -0.05) is 104 Å². The van der Waals surface area contributed by atoms with Gasteiger partial charge in [-0.25, -0.2) is 8.42 Å². The van der Waals surface area contributed by atoms with Gasteiger partial charge in [0, 0.05) is 13.0 Å². The van der Waals surface area contributed by atoms with Crippen molar-refractivity contribution in [3.63, 3.8) is 0 Å². The van der Waals surface area contributed by atoms with Gasteiger partial charge in [-0.2, -0.15) is 0 Å². The molecular formula is C27H58N2O5S. The van der Waals surface area contributed by atoms with E-state index in [4.69, 9.17) is 0 Å². The third kappa shape index (κ3) is 29.4. The zero-order valence-corrected chi connectivity index (χ0v) is 24.5. The molecule has 3 N–H and O–H groups in total. The minimum atomic E-state index is -4.72. The number of amides is 1. The van der Waals surface area contributed by atoms with Crippen LogP contribution in [0.25, 0.3) is 0 Å². The van der Waals surface area contributed by atoms with Crippen molar-refractivity contribution in [1.29, 1.82) is 0 Å². The lowest BCUT2D eigenvalue weighted by molar-refractivity contribution is -0.597. The zero-order valence-electron chi connectivity index (χ0n) is 23.7. The van der Waals surface area contributed by atoms with Crippen LogP contribution in [0.1, 0.15) is 143 Å². The molecule has 0 heterocycles. The molecular weight excluding hydrogens is 464 g/mol. The molecule has 0 spiro atoms. The summed E-state index contributed by atoms with van der Waals surface area (Å²) in [4.78, 5) is 11.9. The minimum Gasteiger partial charge on any atom is -0.726 e. The Morgan fingerprint density at radius 3 is 1.57 bits per heavy atom. The van der Waals surface area contributed by atoms with E-state index < -0.39 is 16.0 Å². The number of hydrogen-bond acceptors (Lipinski definition) is 5. The Balaban J connectivity index is 0. The normalized spacial score (nSPS) is 13.1. The molecule has 0 fully saturated rings. The molecule has 0 aromatic heterocycles. The number of hydrogen-bond donors (Lipinski definition) is 2. The molecule has 0 aromatic carbocycles. The van der Waals surface area contributed by atoms with E-state index in [0.717, 1.165) is 12.8 Å². The van der Waals surface area contributed by atoms with E-state index in [1.54, 1.807) is 13.8 Å². The second-order valence-electron chi connectivity index (χ2n) is 10.0. The second kappa shape index (κ2) is 25.0. The van der Waals surface area contributed by atoms with Crippen LogP contribution in [-0.2, 0) is 19.4 Å². The van der Waals surface area contributed by atoms with Crippen molar-refractivity contribution >= 4 is 16.3 Å². The highest BCUT2D eigenvalue weighted by molar-refractivity contribution is 7.80. The van der Waals surface area contributed by atoms with E-state index in [1.807, 2.05) is 19.4 Å². The maximum atomic E-state index is 11.9. The Bertz CT molecular complexity index is 572. The Kier molecular flexibility index (Phi) is 26.0. The Labute approximate surface area is 217 Å². The first-order chi connectivity index (χ1) is 16.6. The van der Waals surface area contributed by atoms with E-state index in [1.165, 1.54) is 83.5 Å². The van der Waals surface area contributed by atoms with Crippen LogP contribution in [0.2, 0.25) is 0 Å². The Hall–Kier alpha value is -0.700. The summed E-state index contributed by atoms with van der Waals surface area (Å²) < 4.78 is 37.1. The Morgan fingerprint density at radius 1 is 0.800 bits per heavy atom. The molecule has 8 heteroatoms. The summed E-state index contributed by atoms with van der Waals surface area (Å²) in [5, 5.41) is 4.87. The fourth-order valence-corrected chi connectivity index (χ4v) is 4.65. The summed E-state index contributed by atoms with van der Waals surface area (Å²) in [5.74, 6) is 0.0373. The van der Waals surface area contributed by atoms with Crippen LogP contribution in [0.5, 0.6) is 0 Å². The standard InChI is InChI=1S/C25H51NO5S.C2H7N/c1-4-6-7-8-9-10-11-12-13-14-15-16-17-18-19-21-24(27)26-23-20-22-25(3,5-2)31-32(28,29)30;1-3-2/h4-23H2,1-3H3,(H,26,27)(H,28,29,30);3H,1-2H3. The zero-order chi connectivity index (χ0) is 26.8. The minimum absolute atomic E-state index is 0.0373. The highest BCUT2D eigenvalue weighted by atomic mass is 32.3. The molecule has 0 radical (unpaired) electrons. The molecule has 0 bridgehead atoms. The van der Waals surface area contributed by atoms with Gasteiger partial charge in [-0.3, -0.25) is 8.98 Å². The van der Waals surface area contributed by atoms with Crippen molar-refractivity contribution in [3.8, 4) is 0 Å². The predicted molar refractivity (Wildman–Crippen MR) is 145 cm³/mol. The van der Waals surface area contributed by atoms with Crippen LogP contribution in [0.4, 0.5) is 0 Å². The highest BCUT2D eigenvalue weighted by Crippen LogP contribution is 2.23. The average Bonchev–Trinajstić information content (AvgIpc) is 2.79. The molecule has 0 aliphatic carbocycles. The van der Waals surface area contributed by atoms with Crippen LogP contribution in [-0.4, -0.2) is 45.1 Å². The van der Waals surface area contributed by atoms with E-state index in [9.17, 15) is 17.8 Å². The monoisotopic (exact) mass is 522 g/mol. The molecule has 0 saturated heterocycles. The Morgan fingerprint density at radius 2 is 1.20 bits per heavy atom. The second-order valence-corrected chi connectivity index (χ2v) is 11.0. The summed E-state index contributed by atoms with van der Waals surface area (Å²) in [6.45, 7) is 6.12. The molecule has 0 aliphatic heterocycles. The third-order valence-electron chi connectivity index (χ3n) is 6.26. The van der Waals surface area contributed by atoms with E-state index in [0.29, 0.717) is 32.2 Å². The van der Waals surface area contributed by atoms with Crippen molar-refractivity contribution in [3.05, 3.63) is 0 Å². The quantitative estimate of drug-likeness (QED) is 0.103. The van der Waals surface area contributed by atoms with Gasteiger partial charge in [0.05, 0.1) is 19.7 Å². The summed E-state index contributed by atoms with van der Waals surface area (Å²) in [6, 6.07) is 0. The summed E-state index contributed by atoms with van der Waals surface area (Å²) in [6.07, 6.45) is 21.5. The lowest BCUT2D eigenvalue weighted by atomic mass is 9.97. The van der Waals surface area contributed by atoms with Crippen LogP contribution in [0, 0.1) is 0 Å².